The van der Waals surface area contributed by atoms with Crippen molar-refractivity contribution >= 4 is 12.1 Å². The summed E-state index contributed by atoms with van der Waals surface area (Å²) >= 11 is 0. The Morgan fingerprint density at radius 2 is 1.77 bits per heavy atom. The molecule has 6 nitrogen and oxygen atoms in total. The smallest absolute Gasteiger partial charge is 0.271 e. The van der Waals surface area contributed by atoms with Crippen LogP contribution in [0.5, 0.6) is 17.2 Å². The van der Waals surface area contributed by atoms with Crippen LogP contribution in [0.3, 0.4) is 0 Å². The summed E-state index contributed by atoms with van der Waals surface area (Å²) in [4.78, 5) is 12.2. The molecule has 3 aromatic rings. The first kappa shape index (κ1) is 20.9. The van der Waals surface area contributed by atoms with Gasteiger partial charge in [0.05, 0.1) is 20.4 Å². The van der Waals surface area contributed by atoms with Gasteiger partial charge in [0.1, 0.15) is 12.4 Å². The maximum Gasteiger partial charge on any atom is 0.271 e. The molecular weight excluding hydrogens is 380 g/mol. The van der Waals surface area contributed by atoms with Gasteiger partial charge in [0.2, 0.25) is 0 Å². The number of nitrogens with one attached hydrogen (secondary N) is 1. The zero-order valence-electron chi connectivity index (χ0n) is 17.2. The Kier molecular flexibility index (Phi) is 7.05. The highest BCUT2D eigenvalue weighted by Crippen LogP contribution is 2.28. The molecule has 0 unspecified atom stereocenters. The van der Waals surface area contributed by atoms with Gasteiger partial charge >= 0.3 is 0 Å². The number of aryl methyl sites for hydroxylation is 1. The zero-order chi connectivity index (χ0) is 21.3. The van der Waals surface area contributed by atoms with E-state index in [1.165, 1.54) is 5.56 Å². The molecule has 1 amide bonds. The summed E-state index contributed by atoms with van der Waals surface area (Å²) < 4.78 is 16.4. The highest BCUT2D eigenvalue weighted by molar-refractivity contribution is 5.95. The Bertz CT molecular complexity index is 1030. The van der Waals surface area contributed by atoms with Gasteiger partial charge in [0.25, 0.3) is 5.91 Å². The summed E-state index contributed by atoms with van der Waals surface area (Å²) in [6.45, 7) is 2.49. The van der Waals surface area contributed by atoms with Gasteiger partial charge in [0.15, 0.2) is 11.5 Å². The van der Waals surface area contributed by atoms with Crippen molar-refractivity contribution in [1.82, 2.24) is 5.43 Å². The minimum Gasteiger partial charge on any atom is -0.497 e. The molecule has 0 aliphatic carbocycles. The van der Waals surface area contributed by atoms with Gasteiger partial charge in [-0.25, -0.2) is 5.43 Å². The molecule has 6 heteroatoms. The van der Waals surface area contributed by atoms with E-state index in [1.807, 2.05) is 31.2 Å². The fourth-order valence-electron chi connectivity index (χ4n) is 2.72. The monoisotopic (exact) mass is 404 g/mol. The lowest BCUT2D eigenvalue weighted by atomic mass is 10.2. The number of ether oxygens (including phenoxy) is 3. The second kappa shape index (κ2) is 10.1. The molecule has 0 bridgehead atoms. The van der Waals surface area contributed by atoms with Gasteiger partial charge in [-0.15, -0.1) is 0 Å². The van der Waals surface area contributed by atoms with Crippen molar-refractivity contribution in [3.63, 3.8) is 0 Å². The molecular formula is C24H24N2O4. The molecule has 0 spiro atoms. The van der Waals surface area contributed by atoms with Crippen LogP contribution in [0.2, 0.25) is 0 Å². The van der Waals surface area contributed by atoms with Crippen LogP contribution in [-0.2, 0) is 6.61 Å². The van der Waals surface area contributed by atoms with Crippen molar-refractivity contribution in [3.05, 3.63) is 89.0 Å². The van der Waals surface area contributed by atoms with E-state index in [4.69, 9.17) is 14.2 Å². The molecule has 30 heavy (non-hydrogen) atoms. The molecule has 0 aromatic heterocycles. The minimum absolute atomic E-state index is 0.324. The second-order valence-electron chi connectivity index (χ2n) is 6.62. The first-order valence-electron chi connectivity index (χ1n) is 9.43. The van der Waals surface area contributed by atoms with Crippen molar-refractivity contribution in [2.45, 2.75) is 13.5 Å². The van der Waals surface area contributed by atoms with Gasteiger partial charge in [-0.05, 0) is 54.4 Å². The van der Waals surface area contributed by atoms with Crippen molar-refractivity contribution in [2.24, 2.45) is 5.10 Å². The third-order valence-corrected chi connectivity index (χ3v) is 4.41. The van der Waals surface area contributed by atoms with Crippen LogP contribution in [0.1, 0.15) is 27.0 Å². The topological polar surface area (TPSA) is 69.2 Å². The number of hydrogen-bond donors (Lipinski definition) is 1. The van der Waals surface area contributed by atoms with E-state index < -0.39 is 0 Å². The Balaban J connectivity index is 1.62. The number of hydrazone groups is 1. The number of rotatable bonds is 8. The Hall–Kier alpha value is -3.80. The predicted octanol–water partition coefficient (Wildman–Crippen LogP) is 4.36. The highest BCUT2D eigenvalue weighted by Gasteiger charge is 2.07. The highest BCUT2D eigenvalue weighted by atomic mass is 16.5. The molecule has 0 aliphatic heterocycles. The first-order valence-corrected chi connectivity index (χ1v) is 9.43. The third-order valence-electron chi connectivity index (χ3n) is 4.41. The van der Waals surface area contributed by atoms with Crippen LogP contribution in [0.4, 0.5) is 0 Å². The number of amides is 1. The molecule has 0 saturated heterocycles. The molecule has 0 heterocycles. The summed E-state index contributed by atoms with van der Waals surface area (Å²) in [7, 11) is 3.14. The lowest BCUT2D eigenvalue weighted by Gasteiger charge is -2.11. The summed E-state index contributed by atoms with van der Waals surface area (Å²) in [5.41, 5.74) is 6.02. The maximum atomic E-state index is 12.2. The van der Waals surface area contributed by atoms with Gasteiger partial charge in [-0.1, -0.05) is 35.9 Å². The number of carbonyl (C=O) groups excluding carboxylic acids is 1. The summed E-state index contributed by atoms with van der Waals surface area (Å²) in [6.07, 6.45) is 1.55. The number of benzene rings is 3. The first-order chi connectivity index (χ1) is 14.6. The van der Waals surface area contributed by atoms with Gasteiger partial charge in [-0.2, -0.15) is 5.10 Å². The largest absolute Gasteiger partial charge is 0.497 e. The van der Waals surface area contributed by atoms with E-state index in [0.717, 1.165) is 11.1 Å². The van der Waals surface area contributed by atoms with E-state index >= 15 is 0 Å². The van der Waals surface area contributed by atoms with Crippen molar-refractivity contribution in [1.29, 1.82) is 0 Å². The van der Waals surface area contributed by atoms with Crippen LogP contribution < -0.4 is 19.6 Å². The Labute approximate surface area is 176 Å². The van der Waals surface area contributed by atoms with E-state index in [2.05, 4.69) is 22.7 Å². The van der Waals surface area contributed by atoms with Crippen LogP contribution in [-0.4, -0.2) is 26.3 Å². The Morgan fingerprint density at radius 3 is 2.50 bits per heavy atom. The zero-order valence-corrected chi connectivity index (χ0v) is 17.2. The minimum atomic E-state index is -0.324. The van der Waals surface area contributed by atoms with Crippen molar-refractivity contribution in [2.75, 3.05) is 14.2 Å². The maximum absolute atomic E-state index is 12.2. The number of methoxy groups -OCH3 is 2. The third kappa shape index (κ3) is 5.61. The molecule has 3 rings (SSSR count). The lowest BCUT2D eigenvalue weighted by Crippen LogP contribution is -2.17. The number of hydrogen-bond acceptors (Lipinski definition) is 5. The summed E-state index contributed by atoms with van der Waals surface area (Å²) in [5.74, 6) is 1.51. The average Bonchev–Trinajstić information content (AvgIpc) is 2.79. The molecule has 154 valence electrons. The normalized spacial score (nSPS) is 10.6. The lowest BCUT2D eigenvalue weighted by molar-refractivity contribution is 0.0955. The fourth-order valence-corrected chi connectivity index (χ4v) is 2.72. The van der Waals surface area contributed by atoms with Crippen molar-refractivity contribution < 1.29 is 19.0 Å². The van der Waals surface area contributed by atoms with Crippen LogP contribution in [0.15, 0.2) is 71.8 Å². The van der Waals surface area contributed by atoms with Crippen molar-refractivity contribution in [3.8, 4) is 17.2 Å². The number of nitrogens with zero attached hydrogens (tertiary/aromatic N) is 1. The van der Waals surface area contributed by atoms with Gasteiger partial charge < -0.3 is 14.2 Å². The Morgan fingerprint density at radius 1 is 0.967 bits per heavy atom. The average molecular weight is 404 g/mol. The SMILES string of the molecule is COc1cccc(C(=O)N/N=C/c2ccc(OCc3ccc(C)cc3)c(OC)c2)c1. The van der Waals surface area contributed by atoms with Crippen LogP contribution >= 0.6 is 0 Å². The van der Waals surface area contributed by atoms with Gasteiger partial charge in [0, 0.05) is 5.56 Å². The van der Waals surface area contributed by atoms with E-state index in [-0.39, 0.29) is 5.91 Å². The molecule has 0 saturated carbocycles. The van der Waals surface area contributed by atoms with E-state index in [9.17, 15) is 4.79 Å². The summed E-state index contributed by atoms with van der Waals surface area (Å²) in [6, 6.07) is 20.5. The van der Waals surface area contributed by atoms with E-state index in [1.54, 1.807) is 50.8 Å². The van der Waals surface area contributed by atoms with E-state index in [0.29, 0.717) is 29.4 Å². The molecule has 0 aliphatic rings. The molecule has 0 radical (unpaired) electrons. The predicted molar refractivity (Wildman–Crippen MR) is 117 cm³/mol. The standard InChI is InChI=1S/C24H24N2O4/c1-17-7-9-18(10-8-17)16-30-22-12-11-19(13-23(22)29-3)15-25-26-24(27)20-5-4-6-21(14-20)28-2/h4-15H,16H2,1-3H3,(H,26,27)/b25-15+. The second-order valence-corrected chi connectivity index (χ2v) is 6.62. The van der Waals surface area contributed by atoms with Crippen LogP contribution in [0.25, 0.3) is 0 Å². The quantitative estimate of drug-likeness (QED) is 0.448. The molecule has 0 atom stereocenters. The van der Waals surface area contributed by atoms with Crippen LogP contribution in [0, 0.1) is 6.92 Å². The number of carbonyl (C=O) groups is 1. The summed E-state index contributed by atoms with van der Waals surface area (Å²) in [5, 5.41) is 4.02. The fraction of sp³-hybridized carbons (Fsp3) is 0.167. The molecule has 3 aromatic carbocycles. The molecule has 1 N–H and O–H groups in total. The molecule has 0 fully saturated rings. The van der Waals surface area contributed by atoms with Gasteiger partial charge in [-0.3, -0.25) is 4.79 Å².